The van der Waals surface area contributed by atoms with E-state index < -0.39 is 0 Å². The first-order valence-corrected chi connectivity index (χ1v) is 4.38. The van der Waals surface area contributed by atoms with E-state index in [1.165, 1.54) is 22.0 Å². The quantitative estimate of drug-likeness (QED) is 0.658. The minimum absolute atomic E-state index is 1.09. The normalized spacial score (nSPS) is 10.8. The van der Waals surface area contributed by atoms with Crippen LogP contribution in [0.4, 0.5) is 0 Å². The molecule has 0 amide bonds. The maximum absolute atomic E-state index is 3.28. The Hall–Kier alpha value is -1.24. The van der Waals surface area contributed by atoms with Crippen molar-refractivity contribution in [2.24, 2.45) is 0 Å². The first-order chi connectivity index (χ1) is 5.83. The van der Waals surface area contributed by atoms with Gasteiger partial charge in [0.05, 0.1) is 0 Å². The highest BCUT2D eigenvalue weighted by Crippen LogP contribution is 2.21. The summed E-state index contributed by atoms with van der Waals surface area (Å²) >= 11 is 0. The molecule has 0 saturated heterocycles. The minimum Gasteiger partial charge on any atom is -0.361 e. The lowest BCUT2D eigenvalue weighted by molar-refractivity contribution is 1.15. The molecule has 0 aliphatic heterocycles. The lowest BCUT2D eigenvalue weighted by Gasteiger charge is -2.01. The van der Waals surface area contributed by atoms with Crippen LogP contribution in [0.5, 0.6) is 0 Å². The topological polar surface area (TPSA) is 15.8 Å². The third-order valence-electron chi connectivity index (χ3n) is 2.41. The van der Waals surface area contributed by atoms with Crippen molar-refractivity contribution in [3.8, 4) is 0 Å². The van der Waals surface area contributed by atoms with Crippen molar-refractivity contribution in [1.29, 1.82) is 0 Å². The van der Waals surface area contributed by atoms with Crippen molar-refractivity contribution < 1.29 is 0 Å². The average molecular weight is 159 g/mol. The Kier molecular flexibility index (Phi) is 1.65. The smallest absolute Gasteiger partial charge is 0.0489 e. The Morgan fingerprint density at radius 1 is 1.25 bits per heavy atom. The first kappa shape index (κ1) is 7.41. The molecule has 1 aromatic heterocycles. The molecule has 1 heterocycles. The van der Waals surface area contributed by atoms with Gasteiger partial charge >= 0.3 is 0 Å². The Balaban J connectivity index is 2.82. The van der Waals surface area contributed by atoms with E-state index in [-0.39, 0.29) is 0 Å². The zero-order valence-corrected chi connectivity index (χ0v) is 7.52. The van der Waals surface area contributed by atoms with Gasteiger partial charge in [-0.2, -0.15) is 0 Å². The Morgan fingerprint density at radius 2 is 2.08 bits per heavy atom. The number of aromatic amines is 1. The number of aromatic nitrogens is 1. The highest BCUT2D eigenvalue weighted by Gasteiger charge is 2.01. The molecule has 62 valence electrons. The molecule has 1 N–H and O–H groups in total. The van der Waals surface area contributed by atoms with Gasteiger partial charge in [0.15, 0.2) is 0 Å². The summed E-state index contributed by atoms with van der Waals surface area (Å²) in [6.07, 6.45) is 3.11. The van der Waals surface area contributed by atoms with Crippen molar-refractivity contribution in [2.45, 2.75) is 20.3 Å². The number of rotatable bonds is 1. The number of hydrogen-bond donors (Lipinski definition) is 1. The van der Waals surface area contributed by atoms with E-state index in [1.807, 2.05) is 6.20 Å². The predicted octanol–water partition coefficient (Wildman–Crippen LogP) is 3.04. The molecule has 0 aliphatic rings. The molecule has 1 aromatic carbocycles. The summed E-state index contributed by atoms with van der Waals surface area (Å²) in [7, 11) is 0. The van der Waals surface area contributed by atoms with Crippen molar-refractivity contribution >= 4 is 10.9 Å². The van der Waals surface area contributed by atoms with Crippen molar-refractivity contribution in [3.63, 3.8) is 0 Å². The molecule has 2 rings (SSSR count). The monoisotopic (exact) mass is 159 g/mol. The molecular weight excluding hydrogens is 146 g/mol. The van der Waals surface area contributed by atoms with Gasteiger partial charge in [-0.15, -0.1) is 0 Å². The third kappa shape index (κ3) is 0.934. The molecular formula is C11H13N. The summed E-state index contributed by atoms with van der Waals surface area (Å²) in [5, 5.41) is 1.36. The van der Waals surface area contributed by atoms with Gasteiger partial charge in [0.25, 0.3) is 0 Å². The van der Waals surface area contributed by atoms with Crippen LogP contribution in [-0.4, -0.2) is 4.98 Å². The zero-order chi connectivity index (χ0) is 8.55. The lowest BCUT2D eigenvalue weighted by atomic mass is 10.1. The Morgan fingerprint density at radius 3 is 2.83 bits per heavy atom. The molecule has 2 aromatic rings. The molecule has 0 radical (unpaired) electrons. The fraction of sp³-hybridized carbons (Fsp3) is 0.273. The SMILES string of the molecule is CCc1ccc(C)c2cc[nH]c12. The maximum atomic E-state index is 3.28. The first-order valence-electron chi connectivity index (χ1n) is 4.38. The lowest BCUT2D eigenvalue weighted by Crippen LogP contribution is -1.84. The summed E-state index contributed by atoms with van der Waals surface area (Å²) in [4.78, 5) is 3.28. The van der Waals surface area contributed by atoms with Crippen LogP contribution in [0, 0.1) is 6.92 Å². The van der Waals surface area contributed by atoms with Gasteiger partial charge < -0.3 is 4.98 Å². The van der Waals surface area contributed by atoms with Gasteiger partial charge in [0.1, 0.15) is 0 Å². The average Bonchev–Trinajstić information content (AvgIpc) is 2.54. The Bertz CT molecular complexity index is 398. The van der Waals surface area contributed by atoms with Crippen molar-refractivity contribution in [1.82, 2.24) is 4.98 Å². The van der Waals surface area contributed by atoms with Gasteiger partial charge in [0, 0.05) is 17.1 Å². The summed E-state index contributed by atoms with van der Waals surface area (Å²) in [5.74, 6) is 0. The molecule has 0 fully saturated rings. The van der Waals surface area contributed by atoms with Crippen LogP contribution < -0.4 is 0 Å². The molecule has 0 saturated carbocycles. The molecule has 1 heteroatoms. The van der Waals surface area contributed by atoms with Crippen LogP contribution in [-0.2, 0) is 6.42 Å². The zero-order valence-electron chi connectivity index (χ0n) is 7.52. The number of H-pyrrole nitrogens is 1. The molecule has 1 nitrogen and oxygen atoms in total. The molecule has 0 spiro atoms. The van der Waals surface area contributed by atoms with Crippen LogP contribution in [0.25, 0.3) is 10.9 Å². The second kappa shape index (κ2) is 2.67. The van der Waals surface area contributed by atoms with E-state index in [2.05, 4.69) is 37.0 Å². The van der Waals surface area contributed by atoms with Crippen molar-refractivity contribution in [3.05, 3.63) is 35.5 Å². The van der Waals surface area contributed by atoms with E-state index in [9.17, 15) is 0 Å². The summed E-state index contributed by atoms with van der Waals surface area (Å²) in [6, 6.07) is 6.53. The van der Waals surface area contributed by atoms with Crippen LogP contribution in [0.15, 0.2) is 24.4 Å². The van der Waals surface area contributed by atoms with Crippen LogP contribution >= 0.6 is 0 Å². The number of hydrogen-bond acceptors (Lipinski definition) is 0. The number of benzene rings is 1. The number of fused-ring (bicyclic) bond motifs is 1. The predicted molar refractivity (Wildman–Crippen MR) is 52.4 cm³/mol. The molecule has 0 bridgehead atoms. The highest BCUT2D eigenvalue weighted by atomic mass is 14.7. The van der Waals surface area contributed by atoms with Crippen LogP contribution in [0.3, 0.4) is 0 Å². The van der Waals surface area contributed by atoms with Crippen LogP contribution in [0.2, 0.25) is 0 Å². The van der Waals surface area contributed by atoms with E-state index in [1.54, 1.807) is 0 Å². The highest BCUT2D eigenvalue weighted by molar-refractivity contribution is 5.85. The summed E-state index contributed by atoms with van der Waals surface area (Å²) in [6.45, 7) is 4.33. The second-order valence-corrected chi connectivity index (χ2v) is 3.16. The fourth-order valence-corrected chi connectivity index (χ4v) is 1.66. The summed E-state index contributed by atoms with van der Waals surface area (Å²) < 4.78 is 0. The van der Waals surface area contributed by atoms with Gasteiger partial charge in [-0.25, -0.2) is 0 Å². The molecule has 0 aliphatic carbocycles. The van der Waals surface area contributed by atoms with Gasteiger partial charge in [0.2, 0.25) is 0 Å². The van der Waals surface area contributed by atoms with E-state index in [4.69, 9.17) is 0 Å². The standard InChI is InChI=1S/C11H13N/c1-3-9-5-4-8(2)10-6-7-12-11(9)10/h4-7,12H,3H2,1-2H3. The maximum Gasteiger partial charge on any atom is 0.0489 e. The number of nitrogens with one attached hydrogen (secondary N) is 1. The largest absolute Gasteiger partial charge is 0.361 e. The van der Waals surface area contributed by atoms with Crippen molar-refractivity contribution in [2.75, 3.05) is 0 Å². The van der Waals surface area contributed by atoms with Gasteiger partial charge in [-0.05, 0) is 30.5 Å². The Labute approximate surface area is 72.4 Å². The van der Waals surface area contributed by atoms with E-state index in [0.29, 0.717) is 0 Å². The van der Waals surface area contributed by atoms with Gasteiger partial charge in [-0.1, -0.05) is 19.1 Å². The molecule has 0 atom stereocenters. The van der Waals surface area contributed by atoms with E-state index >= 15 is 0 Å². The fourth-order valence-electron chi connectivity index (χ4n) is 1.66. The van der Waals surface area contributed by atoms with Gasteiger partial charge in [-0.3, -0.25) is 0 Å². The van der Waals surface area contributed by atoms with Crippen LogP contribution in [0.1, 0.15) is 18.1 Å². The molecule has 12 heavy (non-hydrogen) atoms. The number of aryl methyl sites for hydroxylation is 2. The molecule has 0 unspecified atom stereocenters. The third-order valence-corrected chi connectivity index (χ3v) is 2.41. The minimum atomic E-state index is 1.09. The summed E-state index contributed by atoms with van der Waals surface area (Å²) in [5.41, 5.74) is 4.06. The second-order valence-electron chi connectivity index (χ2n) is 3.16. The van der Waals surface area contributed by atoms with E-state index in [0.717, 1.165) is 6.42 Å².